The number of methoxy groups -OCH3 is 1. The fraction of sp³-hybridized carbons (Fsp3) is 0.0833. The van der Waals surface area contributed by atoms with Gasteiger partial charge in [-0.2, -0.15) is 0 Å². The molecule has 0 aliphatic heterocycles. The van der Waals surface area contributed by atoms with Gasteiger partial charge in [0.15, 0.2) is 0 Å². The lowest BCUT2D eigenvalue weighted by molar-refractivity contribution is 0.0607. The molecule has 0 bridgehead atoms. The second-order valence-corrected chi connectivity index (χ2v) is 9.95. The predicted molar refractivity (Wildman–Crippen MR) is 130 cm³/mol. The molecule has 1 aromatic heterocycles. The molecule has 168 valence electrons. The molecule has 33 heavy (non-hydrogen) atoms. The molecule has 0 spiro atoms. The summed E-state index contributed by atoms with van der Waals surface area (Å²) in [7, 11) is -2.64. The van der Waals surface area contributed by atoms with Crippen LogP contribution in [0.15, 0.2) is 77.7 Å². The Morgan fingerprint density at radius 3 is 2.30 bits per heavy atom. The highest BCUT2D eigenvalue weighted by molar-refractivity contribution is 7.92. The summed E-state index contributed by atoms with van der Waals surface area (Å²) < 4.78 is 33.9. The zero-order valence-electron chi connectivity index (χ0n) is 17.8. The number of carbonyl (C=O) groups excluding carboxylic acids is 2. The van der Waals surface area contributed by atoms with Crippen molar-refractivity contribution in [1.29, 1.82) is 0 Å². The Bertz CT molecular complexity index is 1460. The molecular weight excluding hydrogens is 460 g/mol. The number of benzene rings is 3. The molecule has 0 fully saturated rings. The molecule has 0 aliphatic rings. The van der Waals surface area contributed by atoms with Crippen molar-refractivity contribution in [3.8, 4) is 0 Å². The quantitative estimate of drug-likeness (QED) is 0.376. The molecule has 0 aliphatic carbocycles. The van der Waals surface area contributed by atoms with Crippen LogP contribution >= 0.6 is 11.3 Å². The molecule has 0 atom stereocenters. The number of rotatable bonds is 6. The molecule has 4 aromatic rings. The topological polar surface area (TPSA) is 102 Å². The maximum absolute atomic E-state index is 13.2. The fourth-order valence-electron chi connectivity index (χ4n) is 3.28. The molecule has 2 N–H and O–H groups in total. The number of hydrogen-bond acceptors (Lipinski definition) is 6. The molecule has 0 saturated heterocycles. The minimum absolute atomic E-state index is 0.0834. The van der Waals surface area contributed by atoms with Gasteiger partial charge in [-0.15, -0.1) is 11.3 Å². The molecule has 1 heterocycles. The molecular formula is C24H20N2O5S2. The average Bonchev–Trinajstić information content (AvgIpc) is 3.17. The normalized spacial score (nSPS) is 11.2. The highest BCUT2D eigenvalue weighted by atomic mass is 32.2. The minimum Gasteiger partial charge on any atom is -0.465 e. The number of amides is 1. The van der Waals surface area contributed by atoms with Crippen molar-refractivity contribution in [3.63, 3.8) is 0 Å². The predicted octanol–water partition coefficient (Wildman–Crippen LogP) is 5.05. The van der Waals surface area contributed by atoms with Gasteiger partial charge < -0.3 is 10.1 Å². The van der Waals surface area contributed by atoms with E-state index in [0.717, 1.165) is 10.3 Å². The first-order chi connectivity index (χ1) is 15.8. The minimum atomic E-state index is -3.91. The lowest BCUT2D eigenvalue weighted by Crippen LogP contribution is -2.19. The fourth-order valence-corrected chi connectivity index (χ4v) is 5.43. The van der Waals surface area contributed by atoms with Gasteiger partial charge in [0.25, 0.3) is 15.9 Å². The summed E-state index contributed by atoms with van der Waals surface area (Å²) in [5.74, 6) is -1.13. The van der Waals surface area contributed by atoms with Crippen molar-refractivity contribution >= 4 is 54.7 Å². The lowest BCUT2D eigenvalue weighted by atomic mass is 10.1. The van der Waals surface area contributed by atoms with Crippen molar-refractivity contribution in [2.75, 3.05) is 17.1 Å². The standard InChI is InChI=1S/C24H20N2O5S2/c1-15-11-13-16(14-12-15)33(29,30)26-19-9-5-3-7-17(19)23(27)25-21-18-8-4-6-10-20(18)32-22(21)24(28)31-2/h3-14,26H,1-2H3,(H,25,27). The highest BCUT2D eigenvalue weighted by Gasteiger charge is 2.23. The van der Waals surface area contributed by atoms with Crippen molar-refractivity contribution in [1.82, 2.24) is 0 Å². The maximum atomic E-state index is 13.2. The summed E-state index contributed by atoms with van der Waals surface area (Å²) in [5.41, 5.74) is 1.48. The van der Waals surface area contributed by atoms with Gasteiger partial charge in [-0.05, 0) is 37.3 Å². The van der Waals surface area contributed by atoms with Gasteiger partial charge in [0, 0.05) is 10.1 Å². The molecule has 1 amide bonds. The van der Waals surface area contributed by atoms with Gasteiger partial charge in [0.1, 0.15) is 4.88 Å². The first-order valence-corrected chi connectivity index (χ1v) is 12.2. The number of nitrogens with one attached hydrogen (secondary N) is 2. The van der Waals surface area contributed by atoms with Crippen LogP contribution in [0.25, 0.3) is 10.1 Å². The second kappa shape index (κ2) is 9.05. The second-order valence-electron chi connectivity index (χ2n) is 7.21. The van der Waals surface area contributed by atoms with Crippen LogP contribution in [-0.2, 0) is 14.8 Å². The Balaban J connectivity index is 1.69. The van der Waals surface area contributed by atoms with Crippen molar-refractivity contribution < 1.29 is 22.7 Å². The monoisotopic (exact) mass is 480 g/mol. The van der Waals surface area contributed by atoms with E-state index in [4.69, 9.17) is 4.74 Å². The number of esters is 1. The van der Waals surface area contributed by atoms with E-state index in [1.807, 2.05) is 19.1 Å². The Morgan fingerprint density at radius 1 is 0.909 bits per heavy atom. The smallest absolute Gasteiger partial charge is 0.350 e. The van der Waals surface area contributed by atoms with Crippen LogP contribution in [0, 0.1) is 6.92 Å². The van der Waals surface area contributed by atoms with Crippen LogP contribution in [-0.4, -0.2) is 27.4 Å². The Hall–Kier alpha value is -3.69. The third-order valence-corrected chi connectivity index (χ3v) is 7.48. The molecule has 4 rings (SSSR count). The molecule has 9 heteroatoms. The third-order valence-electron chi connectivity index (χ3n) is 4.95. The summed E-state index contributed by atoms with van der Waals surface area (Å²) in [5, 5.41) is 3.46. The van der Waals surface area contributed by atoms with E-state index in [2.05, 4.69) is 10.0 Å². The number of ether oxygens (including phenoxy) is 1. The van der Waals surface area contributed by atoms with E-state index in [0.29, 0.717) is 11.1 Å². The van der Waals surface area contributed by atoms with Gasteiger partial charge in [0.05, 0.1) is 28.9 Å². The van der Waals surface area contributed by atoms with Gasteiger partial charge in [-0.1, -0.05) is 48.0 Å². The number of carbonyl (C=O) groups is 2. The highest BCUT2D eigenvalue weighted by Crippen LogP contribution is 2.36. The SMILES string of the molecule is COC(=O)c1sc2ccccc2c1NC(=O)c1ccccc1NS(=O)(=O)c1ccc(C)cc1. The van der Waals surface area contributed by atoms with Crippen LogP contribution < -0.4 is 10.0 Å². The van der Waals surface area contributed by atoms with Crippen LogP contribution in [0.1, 0.15) is 25.6 Å². The maximum Gasteiger partial charge on any atom is 0.350 e. The summed E-state index contributed by atoms with van der Waals surface area (Å²) in [6, 6.07) is 19.9. The number of para-hydroxylation sites is 1. The van der Waals surface area contributed by atoms with Gasteiger partial charge in [-0.3, -0.25) is 9.52 Å². The zero-order valence-corrected chi connectivity index (χ0v) is 19.4. The van der Waals surface area contributed by atoms with E-state index in [1.165, 1.54) is 42.7 Å². The van der Waals surface area contributed by atoms with E-state index < -0.39 is 21.9 Å². The van der Waals surface area contributed by atoms with Crippen molar-refractivity contribution in [2.45, 2.75) is 11.8 Å². The molecule has 0 saturated carbocycles. The van der Waals surface area contributed by atoms with Crippen molar-refractivity contribution in [2.24, 2.45) is 0 Å². The number of aryl methyl sites for hydroxylation is 1. The van der Waals surface area contributed by atoms with Crippen LogP contribution in [0.3, 0.4) is 0 Å². The van der Waals surface area contributed by atoms with Crippen LogP contribution in [0.2, 0.25) is 0 Å². The number of sulfonamides is 1. The lowest BCUT2D eigenvalue weighted by Gasteiger charge is -2.13. The van der Waals surface area contributed by atoms with E-state index >= 15 is 0 Å². The van der Waals surface area contributed by atoms with Crippen LogP contribution in [0.5, 0.6) is 0 Å². The first kappa shape index (κ1) is 22.5. The third kappa shape index (κ3) is 4.59. The summed E-state index contributed by atoms with van der Waals surface area (Å²) in [6.45, 7) is 1.86. The molecule has 0 unspecified atom stereocenters. The number of hydrogen-bond donors (Lipinski definition) is 2. The first-order valence-electron chi connectivity index (χ1n) is 9.90. The van der Waals surface area contributed by atoms with Gasteiger partial charge in [-0.25, -0.2) is 13.2 Å². The van der Waals surface area contributed by atoms with E-state index in [-0.39, 0.29) is 21.0 Å². The summed E-state index contributed by atoms with van der Waals surface area (Å²) >= 11 is 1.21. The average molecular weight is 481 g/mol. The molecule has 7 nitrogen and oxygen atoms in total. The summed E-state index contributed by atoms with van der Waals surface area (Å²) in [4.78, 5) is 25.9. The van der Waals surface area contributed by atoms with Gasteiger partial charge in [0.2, 0.25) is 0 Å². The molecule has 3 aromatic carbocycles. The Labute approximate surface area is 195 Å². The Kier molecular flexibility index (Phi) is 6.17. The van der Waals surface area contributed by atoms with Crippen molar-refractivity contribution in [3.05, 3.63) is 88.8 Å². The number of fused-ring (bicyclic) bond motifs is 1. The Morgan fingerprint density at radius 2 is 1.58 bits per heavy atom. The number of thiophene rings is 1. The summed E-state index contributed by atoms with van der Waals surface area (Å²) in [6.07, 6.45) is 0. The number of anilines is 2. The van der Waals surface area contributed by atoms with Gasteiger partial charge >= 0.3 is 5.97 Å². The van der Waals surface area contributed by atoms with Crippen LogP contribution in [0.4, 0.5) is 11.4 Å². The largest absolute Gasteiger partial charge is 0.465 e. The molecule has 0 radical (unpaired) electrons. The van der Waals surface area contributed by atoms with E-state index in [9.17, 15) is 18.0 Å². The zero-order chi connectivity index (χ0) is 23.6. The van der Waals surface area contributed by atoms with E-state index in [1.54, 1.807) is 36.4 Å².